The molecule has 4 bridgehead atoms. The number of amidine groups is 1. The summed E-state index contributed by atoms with van der Waals surface area (Å²) in [5, 5.41) is 21.0. The van der Waals surface area contributed by atoms with Crippen LogP contribution in [-0.4, -0.2) is 32.3 Å². The lowest BCUT2D eigenvalue weighted by Gasteiger charge is -2.55. The molecule has 1 unspecified atom stereocenters. The zero-order valence-corrected chi connectivity index (χ0v) is 12.5. The van der Waals surface area contributed by atoms with Crippen molar-refractivity contribution in [3.05, 3.63) is 5.82 Å². The van der Waals surface area contributed by atoms with Crippen LogP contribution >= 0.6 is 0 Å². The van der Waals surface area contributed by atoms with E-state index >= 15 is 0 Å². The molecule has 4 aliphatic carbocycles. The van der Waals surface area contributed by atoms with Gasteiger partial charge in [0.1, 0.15) is 0 Å². The Kier molecular flexibility index (Phi) is 2.56. The minimum absolute atomic E-state index is 0.120. The first-order chi connectivity index (χ1) is 10.7. The average molecular weight is 300 g/mol. The summed E-state index contributed by atoms with van der Waals surface area (Å²) in [5.41, 5.74) is 5.70. The van der Waals surface area contributed by atoms with Crippen LogP contribution in [0.15, 0.2) is 15.2 Å². The molecule has 1 atom stereocenters. The first-order valence-corrected chi connectivity index (χ1v) is 8.21. The quantitative estimate of drug-likeness (QED) is 0.906. The summed E-state index contributed by atoms with van der Waals surface area (Å²) >= 11 is 0. The van der Waals surface area contributed by atoms with Crippen molar-refractivity contribution in [2.75, 3.05) is 0 Å². The Balaban J connectivity index is 1.40. The molecule has 22 heavy (non-hydrogen) atoms. The minimum atomic E-state index is -0.562. The van der Waals surface area contributed by atoms with Gasteiger partial charge in [0.15, 0.2) is 11.7 Å². The van der Waals surface area contributed by atoms with E-state index in [2.05, 4.69) is 30.6 Å². The van der Waals surface area contributed by atoms with Crippen LogP contribution in [0.4, 0.5) is 0 Å². The van der Waals surface area contributed by atoms with Crippen molar-refractivity contribution in [2.24, 2.45) is 38.7 Å². The smallest absolute Gasteiger partial charge is 0.213 e. The maximum absolute atomic E-state index is 5.58. The van der Waals surface area contributed by atoms with Gasteiger partial charge in [-0.1, -0.05) is 0 Å². The highest BCUT2D eigenvalue weighted by Gasteiger charge is 2.53. The molecule has 8 nitrogen and oxygen atoms in total. The van der Waals surface area contributed by atoms with Gasteiger partial charge < -0.3 is 0 Å². The molecule has 4 saturated carbocycles. The number of rotatable bonds is 3. The molecule has 1 aliphatic heterocycles. The van der Waals surface area contributed by atoms with E-state index in [1.54, 1.807) is 0 Å². The van der Waals surface area contributed by atoms with Gasteiger partial charge in [0.05, 0.1) is 12.0 Å². The molecule has 8 heteroatoms. The first kappa shape index (κ1) is 12.8. The summed E-state index contributed by atoms with van der Waals surface area (Å²) in [4.78, 5) is 6.05. The Morgan fingerprint density at radius 1 is 1.09 bits per heavy atom. The van der Waals surface area contributed by atoms with Crippen LogP contribution < -0.4 is 5.73 Å². The number of hydrogen-bond acceptors (Lipinski definition) is 7. The van der Waals surface area contributed by atoms with Gasteiger partial charge in [0, 0.05) is 0 Å². The highest BCUT2D eigenvalue weighted by molar-refractivity contribution is 5.85. The van der Waals surface area contributed by atoms with Crippen molar-refractivity contribution in [3.8, 4) is 0 Å². The zero-order valence-electron chi connectivity index (χ0n) is 12.5. The molecule has 1 aromatic heterocycles. The molecule has 2 N–H and O–H groups in total. The van der Waals surface area contributed by atoms with Gasteiger partial charge in [-0.25, -0.2) is 4.99 Å². The lowest BCUT2D eigenvalue weighted by molar-refractivity contribution is -0.0575. The fourth-order valence-electron chi connectivity index (χ4n) is 5.38. The van der Waals surface area contributed by atoms with Crippen LogP contribution in [0.1, 0.15) is 44.3 Å². The van der Waals surface area contributed by atoms with E-state index in [-0.39, 0.29) is 5.54 Å². The van der Waals surface area contributed by atoms with Crippen LogP contribution in [0.25, 0.3) is 0 Å². The number of aliphatic imine (C=N–C) groups is 1. The monoisotopic (exact) mass is 300 g/mol. The second-order valence-electron chi connectivity index (χ2n) is 7.49. The normalized spacial score (nSPS) is 42.1. The topological polar surface area (TPSA) is 107 Å². The second kappa shape index (κ2) is 4.41. The Hall–Kier alpha value is -1.70. The largest absolute Gasteiger partial charge is 0.290 e. The van der Waals surface area contributed by atoms with Gasteiger partial charge in [-0.05, 0) is 61.5 Å². The van der Waals surface area contributed by atoms with Crippen LogP contribution in [-0.2, 0) is 12.0 Å². The maximum atomic E-state index is 5.58. The van der Waals surface area contributed by atoms with Crippen molar-refractivity contribution in [3.63, 3.8) is 0 Å². The minimum Gasteiger partial charge on any atom is -0.290 e. The highest BCUT2D eigenvalue weighted by Crippen LogP contribution is 2.58. The fraction of sp³-hybridized carbons (Fsp3) is 0.857. The summed E-state index contributed by atoms with van der Waals surface area (Å²) in [7, 11) is 0. The van der Waals surface area contributed by atoms with Crippen molar-refractivity contribution >= 4 is 5.84 Å². The van der Waals surface area contributed by atoms with Gasteiger partial charge in [0.2, 0.25) is 6.29 Å². The lowest BCUT2D eigenvalue weighted by Crippen LogP contribution is -2.52. The summed E-state index contributed by atoms with van der Waals surface area (Å²) in [6, 6.07) is 0. The molecule has 0 aromatic carbocycles. The van der Waals surface area contributed by atoms with Crippen LogP contribution in [0.3, 0.4) is 0 Å². The third-order valence-corrected chi connectivity index (χ3v) is 5.77. The fourth-order valence-corrected chi connectivity index (χ4v) is 5.38. The van der Waals surface area contributed by atoms with Crippen LogP contribution in [0.2, 0.25) is 0 Å². The zero-order chi connectivity index (χ0) is 14.7. The Bertz CT molecular complexity index is 624. The van der Waals surface area contributed by atoms with E-state index in [1.165, 1.54) is 38.5 Å². The Morgan fingerprint density at radius 2 is 1.77 bits per heavy atom. The van der Waals surface area contributed by atoms with Crippen molar-refractivity contribution < 1.29 is 0 Å². The first-order valence-electron chi connectivity index (χ1n) is 8.21. The van der Waals surface area contributed by atoms with Gasteiger partial charge >= 0.3 is 0 Å². The molecule has 116 valence electrons. The molecule has 0 amide bonds. The number of nitrogens with two attached hydrogens (primary N) is 1. The molecule has 5 aliphatic rings. The van der Waals surface area contributed by atoms with Gasteiger partial charge in [-0.3, -0.25) is 5.73 Å². The number of azo groups is 1. The third-order valence-electron chi connectivity index (χ3n) is 5.77. The van der Waals surface area contributed by atoms with E-state index in [4.69, 9.17) is 5.73 Å². The SMILES string of the molecule is NC1N=NC(Cc2nnn(C34CC5CC(CC(C5)C3)C4)n2)=N1. The standard InChI is InChI=1S/C14H20N8/c15-13-16-11(17-19-13)4-12-18-21-22(20-12)14-5-8-1-9(6-14)3-10(2-8)7-14/h8-10,13H,1-7,15H2. The van der Waals surface area contributed by atoms with Crippen molar-refractivity contribution in [1.82, 2.24) is 20.2 Å². The van der Waals surface area contributed by atoms with Crippen molar-refractivity contribution in [1.29, 1.82) is 0 Å². The third kappa shape index (κ3) is 1.93. The van der Waals surface area contributed by atoms with Crippen LogP contribution in [0.5, 0.6) is 0 Å². The van der Waals surface area contributed by atoms with Crippen molar-refractivity contribution in [2.45, 2.75) is 56.8 Å². The molecular weight excluding hydrogens is 280 g/mol. The number of hydrogen-bond donors (Lipinski definition) is 1. The molecule has 0 spiro atoms. The number of aromatic nitrogens is 4. The summed E-state index contributed by atoms with van der Waals surface area (Å²) < 4.78 is 0. The summed E-state index contributed by atoms with van der Waals surface area (Å²) in [5.74, 6) is 3.87. The van der Waals surface area contributed by atoms with Gasteiger partial charge in [-0.15, -0.1) is 20.4 Å². The van der Waals surface area contributed by atoms with E-state index in [9.17, 15) is 0 Å². The maximum Gasteiger partial charge on any atom is 0.213 e. The van der Waals surface area contributed by atoms with E-state index in [0.29, 0.717) is 18.1 Å². The molecule has 4 fully saturated rings. The Morgan fingerprint density at radius 3 is 2.36 bits per heavy atom. The summed E-state index contributed by atoms with van der Waals surface area (Å²) in [6.07, 6.45) is 7.81. The molecular formula is C14H20N8. The predicted octanol–water partition coefficient (Wildman–Crippen LogP) is 1.25. The number of tetrazole rings is 1. The number of nitrogens with zero attached hydrogens (tertiary/aromatic N) is 7. The van der Waals surface area contributed by atoms with E-state index in [1.807, 2.05) is 4.80 Å². The van der Waals surface area contributed by atoms with E-state index in [0.717, 1.165) is 17.8 Å². The Labute approximate surface area is 128 Å². The average Bonchev–Trinajstić information content (AvgIpc) is 3.07. The molecule has 2 heterocycles. The second-order valence-corrected chi connectivity index (χ2v) is 7.49. The van der Waals surface area contributed by atoms with Crippen LogP contribution in [0, 0.1) is 17.8 Å². The summed E-state index contributed by atoms with van der Waals surface area (Å²) in [6.45, 7) is 0. The highest BCUT2D eigenvalue weighted by atomic mass is 15.6. The lowest BCUT2D eigenvalue weighted by atomic mass is 9.53. The molecule has 0 radical (unpaired) electrons. The molecule has 1 aromatic rings. The van der Waals surface area contributed by atoms with Gasteiger partial charge in [-0.2, -0.15) is 4.80 Å². The predicted molar refractivity (Wildman–Crippen MR) is 77.9 cm³/mol. The molecule has 0 saturated heterocycles. The molecule has 6 rings (SSSR count). The van der Waals surface area contributed by atoms with Gasteiger partial charge in [0.25, 0.3) is 0 Å². The van der Waals surface area contributed by atoms with E-state index < -0.39 is 6.29 Å².